The molecule has 0 aromatic heterocycles. The van der Waals surface area contributed by atoms with E-state index in [0.717, 1.165) is 6.42 Å². The molecule has 0 saturated carbocycles. The summed E-state index contributed by atoms with van der Waals surface area (Å²) in [5.41, 5.74) is 1.39. The second-order valence-electron chi connectivity index (χ2n) is 2.88. The Labute approximate surface area is 65.1 Å². The summed E-state index contributed by atoms with van der Waals surface area (Å²) < 4.78 is 0. The van der Waals surface area contributed by atoms with Gasteiger partial charge in [-0.1, -0.05) is 12.2 Å². The van der Waals surface area contributed by atoms with E-state index in [1.165, 1.54) is 0 Å². The van der Waals surface area contributed by atoms with E-state index in [9.17, 15) is 0 Å². The van der Waals surface area contributed by atoms with Crippen molar-refractivity contribution in [2.75, 3.05) is 0 Å². The number of rotatable bonds is 0. The maximum absolute atomic E-state index is 8.70. The van der Waals surface area contributed by atoms with Crippen LogP contribution in [0.3, 0.4) is 0 Å². The molecule has 0 amide bonds. The van der Waals surface area contributed by atoms with Crippen LogP contribution in [0, 0.1) is 34.5 Å². The molecule has 0 N–H and O–H groups in total. The highest BCUT2D eigenvalue weighted by molar-refractivity contribution is 5.50. The Hall–Kier alpha value is -1.54. The Morgan fingerprint density at radius 3 is 1.91 bits per heavy atom. The number of fused-ring (bicyclic) bond motifs is 2. The molecule has 0 heterocycles. The van der Waals surface area contributed by atoms with Gasteiger partial charge in [0.25, 0.3) is 0 Å². The van der Waals surface area contributed by atoms with Gasteiger partial charge in [0.05, 0.1) is 23.3 Å². The van der Waals surface area contributed by atoms with Crippen molar-refractivity contribution >= 4 is 0 Å². The number of allylic oxidation sites excluding steroid dienone is 4. The Balaban J connectivity index is 2.50. The van der Waals surface area contributed by atoms with Gasteiger partial charge in [-0.05, 0) is 6.42 Å². The molecule has 0 radical (unpaired) electrons. The predicted octanol–water partition coefficient (Wildman–Crippen LogP) is 1.54. The zero-order chi connectivity index (χ0) is 7.84. The topological polar surface area (TPSA) is 47.6 Å². The van der Waals surface area contributed by atoms with Crippen LogP contribution in [-0.2, 0) is 0 Å². The lowest BCUT2D eigenvalue weighted by molar-refractivity contribution is 0.714. The maximum Gasteiger partial charge on any atom is 0.0964 e. The number of hydrogen-bond donors (Lipinski definition) is 0. The van der Waals surface area contributed by atoms with E-state index in [2.05, 4.69) is 12.1 Å². The normalized spacial score (nSPS) is 32.2. The van der Waals surface area contributed by atoms with Crippen LogP contribution in [0.1, 0.15) is 6.42 Å². The standard InChI is InChI=1S/C9H6N2/c10-4-8-6-1-2-7(3-6)9(8)5-11/h1-2,6-7H,3H2/t6-,7-/m0/s1. The van der Waals surface area contributed by atoms with Gasteiger partial charge in [-0.15, -0.1) is 0 Å². The summed E-state index contributed by atoms with van der Waals surface area (Å²) in [5.74, 6) is 0.499. The highest BCUT2D eigenvalue weighted by atomic mass is 14.4. The fourth-order valence-corrected chi connectivity index (χ4v) is 1.81. The van der Waals surface area contributed by atoms with Crippen LogP contribution in [0.2, 0.25) is 0 Å². The minimum absolute atomic E-state index is 0.250. The third-order valence-corrected chi connectivity index (χ3v) is 2.36. The number of nitrogens with zero attached hydrogens (tertiary/aromatic N) is 2. The lowest BCUT2D eigenvalue weighted by Crippen LogP contribution is -1.94. The number of hydrogen-bond acceptors (Lipinski definition) is 2. The van der Waals surface area contributed by atoms with Crippen molar-refractivity contribution < 1.29 is 0 Å². The SMILES string of the molecule is N#CC1=C(C#N)[C@H]2C=C[C@H]1C2. The summed E-state index contributed by atoms with van der Waals surface area (Å²) in [6.07, 6.45) is 5.01. The van der Waals surface area contributed by atoms with Crippen molar-refractivity contribution in [3.05, 3.63) is 23.3 Å². The minimum atomic E-state index is 0.250. The highest BCUT2D eigenvalue weighted by Crippen LogP contribution is 2.42. The summed E-state index contributed by atoms with van der Waals surface area (Å²) >= 11 is 0. The van der Waals surface area contributed by atoms with Crippen molar-refractivity contribution in [1.82, 2.24) is 0 Å². The van der Waals surface area contributed by atoms with Crippen LogP contribution in [0.25, 0.3) is 0 Å². The average Bonchev–Trinajstić information content (AvgIpc) is 2.60. The van der Waals surface area contributed by atoms with Gasteiger partial charge in [-0.25, -0.2) is 0 Å². The Kier molecular flexibility index (Phi) is 1.11. The molecule has 0 aromatic rings. The first-order valence-electron chi connectivity index (χ1n) is 3.59. The first-order chi connectivity index (χ1) is 5.36. The zero-order valence-corrected chi connectivity index (χ0v) is 5.91. The van der Waals surface area contributed by atoms with E-state index in [4.69, 9.17) is 10.5 Å². The molecule has 2 aliphatic rings. The molecular formula is C9H6N2. The van der Waals surface area contributed by atoms with E-state index < -0.39 is 0 Å². The molecule has 2 nitrogen and oxygen atoms in total. The third-order valence-electron chi connectivity index (χ3n) is 2.36. The van der Waals surface area contributed by atoms with E-state index in [1.54, 1.807) is 0 Å². The van der Waals surface area contributed by atoms with Gasteiger partial charge in [0, 0.05) is 11.8 Å². The molecule has 52 valence electrons. The molecule has 0 spiro atoms. The summed E-state index contributed by atoms with van der Waals surface area (Å²) in [4.78, 5) is 0. The van der Waals surface area contributed by atoms with Gasteiger partial charge in [-0.3, -0.25) is 0 Å². The molecule has 0 saturated heterocycles. The molecule has 0 aliphatic heterocycles. The van der Waals surface area contributed by atoms with Crippen LogP contribution in [0.4, 0.5) is 0 Å². The van der Waals surface area contributed by atoms with Crippen LogP contribution < -0.4 is 0 Å². The molecule has 2 aliphatic carbocycles. The Bertz CT molecular complexity index is 304. The van der Waals surface area contributed by atoms with E-state index in [0.29, 0.717) is 11.1 Å². The summed E-state index contributed by atoms with van der Waals surface area (Å²) in [6, 6.07) is 4.20. The largest absolute Gasteiger partial charge is 0.193 e. The molecule has 2 bridgehead atoms. The second kappa shape index (κ2) is 1.97. The van der Waals surface area contributed by atoms with Crippen molar-refractivity contribution in [2.24, 2.45) is 11.8 Å². The van der Waals surface area contributed by atoms with Gasteiger partial charge in [0.2, 0.25) is 0 Å². The fraction of sp³-hybridized carbons (Fsp3) is 0.333. The molecule has 11 heavy (non-hydrogen) atoms. The van der Waals surface area contributed by atoms with Crippen molar-refractivity contribution in [3.8, 4) is 12.1 Å². The Morgan fingerprint density at radius 1 is 1.09 bits per heavy atom. The average molecular weight is 142 g/mol. The van der Waals surface area contributed by atoms with Crippen molar-refractivity contribution in [1.29, 1.82) is 10.5 Å². The van der Waals surface area contributed by atoms with Gasteiger partial charge >= 0.3 is 0 Å². The van der Waals surface area contributed by atoms with Crippen LogP contribution in [0.5, 0.6) is 0 Å². The molecule has 2 heteroatoms. The van der Waals surface area contributed by atoms with E-state index in [1.807, 2.05) is 12.2 Å². The van der Waals surface area contributed by atoms with Crippen LogP contribution >= 0.6 is 0 Å². The third kappa shape index (κ3) is 0.641. The zero-order valence-electron chi connectivity index (χ0n) is 5.91. The summed E-state index contributed by atoms with van der Waals surface area (Å²) in [5, 5.41) is 17.4. The molecule has 0 fully saturated rings. The monoisotopic (exact) mass is 142 g/mol. The van der Waals surface area contributed by atoms with E-state index in [-0.39, 0.29) is 11.8 Å². The summed E-state index contributed by atoms with van der Waals surface area (Å²) in [7, 11) is 0. The predicted molar refractivity (Wildman–Crippen MR) is 39.0 cm³/mol. The quantitative estimate of drug-likeness (QED) is 0.481. The van der Waals surface area contributed by atoms with Gasteiger partial charge < -0.3 is 0 Å². The van der Waals surface area contributed by atoms with Crippen LogP contribution in [-0.4, -0.2) is 0 Å². The summed E-state index contributed by atoms with van der Waals surface area (Å²) in [6.45, 7) is 0. The number of nitriles is 2. The van der Waals surface area contributed by atoms with Gasteiger partial charge in [-0.2, -0.15) is 10.5 Å². The smallest absolute Gasteiger partial charge is 0.0964 e. The highest BCUT2D eigenvalue weighted by Gasteiger charge is 2.35. The van der Waals surface area contributed by atoms with Crippen molar-refractivity contribution in [3.63, 3.8) is 0 Å². The fourth-order valence-electron chi connectivity index (χ4n) is 1.81. The van der Waals surface area contributed by atoms with Crippen molar-refractivity contribution in [2.45, 2.75) is 6.42 Å². The first kappa shape index (κ1) is 6.19. The maximum atomic E-state index is 8.70. The van der Waals surface area contributed by atoms with Crippen LogP contribution in [0.15, 0.2) is 23.3 Å². The van der Waals surface area contributed by atoms with E-state index >= 15 is 0 Å². The molecular weight excluding hydrogens is 136 g/mol. The molecule has 0 aromatic carbocycles. The first-order valence-corrected chi connectivity index (χ1v) is 3.59. The second-order valence-corrected chi connectivity index (χ2v) is 2.88. The minimum Gasteiger partial charge on any atom is -0.193 e. The Morgan fingerprint density at radius 2 is 1.55 bits per heavy atom. The lowest BCUT2D eigenvalue weighted by Gasteiger charge is -2.01. The molecule has 2 rings (SSSR count). The lowest BCUT2D eigenvalue weighted by atomic mass is 9.99. The molecule has 0 unspecified atom stereocenters. The van der Waals surface area contributed by atoms with Gasteiger partial charge in [0.15, 0.2) is 0 Å². The van der Waals surface area contributed by atoms with Gasteiger partial charge in [0.1, 0.15) is 0 Å². The molecule has 2 atom stereocenters.